The van der Waals surface area contributed by atoms with E-state index in [1.54, 1.807) is 0 Å². The zero-order valence-corrected chi connectivity index (χ0v) is 8.22. The molecule has 13 heavy (non-hydrogen) atoms. The number of carbonyl (C=O) groups is 2. The van der Waals surface area contributed by atoms with E-state index in [1.165, 1.54) is 0 Å². The molecule has 1 aliphatic rings. The van der Waals surface area contributed by atoms with Crippen LogP contribution in [0, 0.1) is 0 Å². The van der Waals surface area contributed by atoms with Crippen molar-refractivity contribution in [2.45, 2.75) is 5.37 Å². The SMILES string of the molecule is CS(=O)(=O)C1CN(C(=O)Cl)C(=O)N1. The minimum Gasteiger partial charge on any atom is -0.319 e. The third kappa shape index (κ3) is 2.10. The fraction of sp³-hybridized carbons (Fsp3) is 0.600. The Morgan fingerprint density at radius 3 is 2.46 bits per heavy atom. The Morgan fingerprint density at radius 2 is 2.23 bits per heavy atom. The molecule has 3 amide bonds. The number of hydrogen-bond acceptors (Lipinski definition) is 4. The molecule has 0 bridgehead atoms. The van der Waals surface area contributed by atoms with Crippen LogP contribution < -0.4 is 5.32 Å². The highest BCUT2D eigenvalue weighted by Gasteiger charge is 2.37. The lowest BCUT2D eigenvalue weighted by molar-refractivity contribution is 0.213. The van der Waals surface area contributed by atoms with E-state index in [-0.39, 0.29) is 6.54 Å². The van der Waals surface area contributed by atoms with Crippen molar-refractivity contribution in [1.82, 2.24) is 10.2 Å². The number of carbonyl (C=O) groups excluding carboxylic acids is 2. The van der Waals surface area contributed by atoms with Gasteiger partial charge in [0.25, 0.3) is 0 Å². The highest BCUT2D eigenvalue weighted by molar-refractivity contribution is 7.91. The summed E-state index contributed by atoms with van der Waals surface area (Å²) in [6.07, 6.45) is 0.972. The number of nitrogens with zero attached hydrogens (tertiary/aromatic N) is 1. The Morgan fingerprint density at radius 1 is 1.69 bits per heavy atom. The molecule has 1 fully saturated rings. The molecule has 0 radical (unpaired) electrons. The maximum atomic E-state index is 11.0. The van der Waals surface area contributed by atoms with Crippen molar-refractivity contribution in [2.75, 3.05) is 12.8 Å². The molecule has 1 unspecified atom stereocenters. The van der Waals surface area contributed by atoms with Gasteiger partial charge in [-0.25, -0.2) is 18.1 Å². The van der Waals surface area contributed by atoms with E-state index in [4.69, 9.17) is 11.6 Å². The van der Waals surface area contributed by atoms with E-state index < -0.39 is 26.6 Å². The predicted molar refractivity (Wildman–Crippen MR) is 45.1 cm³/mol. The molecular formula is C5H7ClN2O4S. The topological polar surface area (TPSA) is 83.6 Å². The molecule has 0 aromatic rings. The molecule has 1 atom stereocenters. The molecular weight excluding hydrogens is 220 g/mol. The smallest absolute Gasteiger partial charge is 0.319 e. The van der Waals surface area contributed by atoms with Crippen LogP contribution in [0.15, 0.2) is 0 Å². The van der Waals surface area contributed by atoms with Gasteiger partial charge in [-0.3, -0.25) is 4.79 Å². The van der Waals surface area contributed by atoms with Gasteiger partial charge in [-0.15, -0.1) is 0 Å². The molecule has 74 valence electrons. The third-order valence-electron chi connectivity index (χ3n) is 1.61. The summed E-state index contributed by atoms with van der Waals surface area (Å²) in [5.74, 6) is 0. The molecule has 6 nitrogen and oxygen atoms in total. The van der Waals surface area contributed by atoms with Crippen LogP contribution in [0.5, 0.6) is 0 Å². The summed E-state index contributed by atoms with van der Waals surface area (Å²) in [5, 5.41) is 0.0832. The van der Waals surface area contributed by atoms with Gasteiger partial charge in [0.2, 0.25) is 0 Å². The van der Waals surface area contributed by atoms with Gasteiger partial charge in [-0.1, -0.05) is 0 Å². The maximum Gasteiger partial charge on any atom is 0.326 e. The summed E-state index contributed by atoms with van der Waals surface area (Å²) in [4.78, 5) is 22.1. The van der Waals surface area contributed by atoms with Crippen LogP contribution in [0.25, 0.3) is 0 Å². The lowest BCUT2D eigenvalue weighted by atomic mass is 10.6. The van der Waals surface area contributed by atoms with Crippen LogP contribution >= 0.6 is 11.6 Å². The second-order valence-electron chi connectivity index (χ2n) is 2.63. The van der Waals surface area contributed by atoms with Crippen molar-refractivity contribution in [2.24, 2.45) is 0 Å². The van der Waals surface area contributed by atoms with Gasteiger partial charge in [0, 0.05) is 6.26 Å². The molecule has 0 aromatic carbocycles. The number of sulfone groups is 1. The number of nitrogens with one attached hydrogen (secondary N) is 1. The first-order chi connectivity index (χ1) is 5.82. The largest absolute Gasteiger partial charge is 0.326 e. The quantitative estimate of drug-likeness (QED) is 0.493. The lowest BCUT2D eigenvalue weighted by Crippen LogP contribution is -2.33. The second kappa shape index (κ2) is 3.15. The van der Waals surface area contributed by atoms with Crippen LogP contribution in [0.3, 0.4) is 0 Å². The summed E-state index contributed by atoms with van der Waals surface area (Å²) in [5.41, 5.74) is 0. The standard InChI is InChI=1S/C5H7ClN2O4S/c1-13(11,12)3-2-8(4(6)9)5(10)7-3/h3H,2H2,1H3,(H,7,10). The Hall–Kier alpha value is -0.820. The zero-order chi connectivity index (χ0) is 10.2. The van der Waals surface area contributed by atoms with E-state index in [1.807, 2.05) is 0 Å². The maximum absolute atomic E-state index is 11.0. The predicted octanol–water partition coefficient (Wildman–Crippen LogP) is -0.259. The average molecular weight is 227 g/mol. The summed E-state index contributed by atoms with van der Waals surface area (Å²) >= 11 is 5.03. The Labute approximate surface area is 79.8 Å². The minimum atomic E-state index is -3.39. The van der Waals surface area contributed by atoms with Crippen molar-refractivity contribution >= 4 is 32.8 Å². The van der Waals surface area contributed by atoms with Gasteiger partial charge in [-0.05, 0) is 11.6 Å². The third-order valence-corrected chi connectivity index (χ3v) is 3.11. The molecule has 0 saturated carbocycles. The molecule has 1 rings (SSSR count). The molecule has 1 saturated heterocycles. The zero-order valence-electron chi connectivity index (χ0n) is 6.65. The molecule has 1 N–H and O–H groups in total. The van der Waals surface area contributed by atoms with Gasteiger partial charge < -0.3 is 5.32 Å². The van der Waals surface area contributed by atoms with E-state index in [9.17, 15) is 18.0 Å². The second-order valence-corrected chi connectivity index (χ2v) is 5.18. The van der Waals surface area contributed by atoms with E-state index >= 15 is 0 Å². The van der Waals surface area contributed by atoms with Crippen LogP contribution in [-0.4, -0.2) is 42.9 Å². The Balaban J connectivity index is 2.83. The van der Waals surface area contributed by atoms with Crippen molar-refractivity contribution in [3.05, 3.63) is 0 Å². The van der Waals surface area contributed by atoms with Crippen molar-refractivity contribution in [3.63, 3.8) is 0 Å². The number of imide groups is 1. The summed E-state index contributed by atoms with van der Waals surface area (Å²) in [7, 11) is -3.39. The lowest BCUT2D eigenvalue weighted by Gasteiger charge is -2.06. The normalized spacial score (nSPS) is 23.1. The first-order valence-electron chi connectivity index (χ1n) is 3.28. The summed E-state index contributed by atoms with van der Waals surface area (Å²) < 4.78 is 21.9. The van der Waals surface area contributed by atoms with Crippen LogP contribution in [0.4, 0.5) is 9.59 Å². The van der Waals surface area contributed by atoms with Gasteiger partial charge >= 0.3 is 11.4 Å². The van der Waals surface area contributed by atoms with Gasteiger partial charge in [-0.2, -0.15) is 0 Å². The number of rotatable bonds is 1. The van der Waals surface area contributed by atoms with Crippen molar-refractivity contribution in [1.29, 1.82) is 0 Å². The fourth-order valence-electron chi connectivity index (χ4n) is 0.904. The highest BCUT2D eigenvalue weighted by atomic mass is 35.5. The fourth-order valence-corrected chi connectivity index (χ4v) is 1.78. The molecule has 0 aliphatic carbocycles. The number of hydrogen-bond donors (Lipinski definition) is 1. The molecule has 1 heterocycles. The summed E-state index contributed by atoms with van der Waals surface area (Å²) in [6, 6.07) is -0.782. The molecule has 0 spiro atoms. The van der Waals surface area contributed by atoms with Crippen LogP contribution in [0.2, 0.25) is 0 Å². The number of urea groups is 1. The van der Waals surface area contributed by atoms with Gasteiger partial charge in [0.05, 0.1) is 6.54 Å². The minimum absolute atomic E-state index is 0.236. The van der Waals surface area contributed by atoms with E-state index in [0.717, 1.165) is 6.26 Å². The van der Waals surface area contributed by atoms with E-state index in [2.05, 4.69) is 5.32 Å². The summed E-state index contributed by atoms with van der Waals surface area (Å²) in [6.45, 7) is -0.236. The van der Waals surface area contributed by atoms with Gasteiger partial charge in [0.1, 0.15) is 0 Å². The van der Waals surface area contributed by atoms with Crippen LogP contribution in [0.1, 0.15) is 0 Å². The van der Waals surface area contributed by atoms with Gasteiger partial charge in [0.15, 0.2) is 15.2 Å². The number of amides is 3. The first kappa shape index (κ1) is 10.3. The molecule has 8 heteroatoms. The Kier molecular flexibility index (Phi) is 2.49. The molecule has 1 aliphatic heterocycles. The van der Waals surface area contributed by atoms with Crippen molar-refractivity contribution < 1.29 is 18.0 Å². The monoisotopic (exact) mass is 226 g/mol. The highest BCUT2D eigenvalue weighted by Crippen LogP contribution is 2.10. The number of halogens is 1. The van der Waals surface area contributed by atoms with Crippen LogP contribution in [-0.2, 0) is 9.84 Å². The average Bonchev–Trinajstić information content (AvgIpc) is 2.29. The first-order valence-corrected chi connectivity index (χ1v) is 5.62. The molecule has 0 aromatic heterocycles. The van der Waals surface area contributed by atoms with E-state index in [0.29, 0.717) is 4.90 Å². The van der Waals surface area contributed by atoms with Crippen molar-refractivity contribution in [3.8, 4) is 0 Å². The Bertz CT molecular complexity index is 352.